The van der Waals surface area contributed by atoms with E-state index in [1.54, 1.807) is 6.92 Å². The Bertz CT molecular complexity index is 235. The number of hydrogen-bond acceptors (Lipinski definition) is 5. The zero-order valence-electron chi connectivity index (χ0n) is 10.5. The number of hydrogen-bond donors (Lipinski definition) is 2. The first-order valence-corrected chi connectivity index (χ1v) is 5.73. The minimum absolute atomic E-state index is 0.0429. The van der Waals surface area contributed by atoms with Gasteiger partial charge in [-0.3, -0.25) is 0 Å². The van der Waals surface area contributed by atoms with Crippen molar-refractivity contribution < 1.29 is 24.5 Å². The van der Waals surface area contributed by atoms with Crippen molar-refractivity contribution >= 4 is 5.97 Å². The molecule has 0 saturated carbocycles. The van der Waals surface area contributed by atoms with Gasteiger partial charge in [0.15, 0.2) is 6.29 Å². The number of carbonyl (C=O) groups excluding carboxylic acids is 1. The van der Waals surface area contributed by atoms with E-state index in [2.05, 4.69) is 6.58 Å². The number of rotatable bonds is 9. The first-order chi connectivity index (χ1) is 8.03. The van der Waals surface area contributed by atoms with Crippen LogP contribution in [0.3, 0.4) is 0 Å². The van der Waals surface area contributed by atoms with E-state index in [4.69, 9.17) is 9.47 Å². The number of esters is 1. The third-order valence-corrected chi connectivity index (χ3v) is 2.70. The van der Waals surface area contributed by atoms with Gasteiger partial charge < -0.3 is 19.7 Å². The highest BCUT2D eigenvalue weighted by molar-refractivity contribution is 5.81. The maximum absolute atomic E-state index is 11.0. The van der Waals surface area contributed by atoms with Crippen LogP contribution in [0.1, 0.15) is 26.7 Å². The Morgan fingerprint density at radius 2 is 2.12 bits per heavy atom. The Kier molecular flexibility index (Phi) is 7.78. The van der Waals surface area contributed by atoms with Crippen LogP contribution in [0.15, 0.2) is 12.7 Å². The number of aliphatic hydroxyl groups is 2. The smallest absolute Gasteiger partial charge is 0.330 e. The molecule has 0 aromatic carbocycles. The van der Waals surface area contributed by atoms with Crippen LogP contribution in [-0.4, -0.2) is 42.3 Å². The van der Waals surface area contributed by atoms with Gasteiger partial charge in [0.25, 0.3) is 0 Å². The molecule has 0 rings (SSSR count). The molecule has 0 saturated heterocycles. The average Bonchev–Trinajstić information content (AvgIpc) is 2.38. The largest absolute Gasteiger partial charge is 0.462 e. The zero-order valence-corrected chi connectivity index (χ0v) is 10.5. The fourth-order valence-electron chi connectivity index (χ4n) is 1.12. The molecule has 0 radical (unpaired) electrons. The van der Waals surface area contributed by atoms with Crippen LogP contribution in [0.2, 0.25) is 0 Å². The lowest BCUT2D eigenvalue weighted by atomic mass is 9.88. The molecular formula is C12H22O5. The van der Waals surface area contributed by atoms with Crippen LogP contribution in [0.25, 0.3) is 0 Å². The van der Waals surface area contributed by atoms with Gasteiger partial charge in [-0.25, -0.2) is 4.79 Å². The number of aliphatic hydroxyl groups excluding tert-OH is 2. The molecule has 0 aromatic heterocycles. The van der Waals surface area contributed by atoms with Gasteiger partial charge in [-0.2, -0.15) is 0 Å². The normalized spacial score (nSPS) is 16.0. The Balaban J connectivity index is 4.33. The summed E-state index contributed by atoms with van der Waals surface area (Å²) in [5, 5.41) is 18.7. The van der Waals surface area contributed by atoms with Gasteiger partial charge in [0.1, 0.15) is 6.61 Å². The second kappa shape index (κ2) is 8.22. The minimum Gasteiger partial charge on any atom is -0.462 e. The molecule has 5 heteroatoms. The van der Waals surface area contributed by atoms with Crippen LogP contribution in [0, 0.1) is 5.41 Å². The van der Waals surface area contributed by atoms with Crippen LogP contribution in [0.5, 0.6) is 0 Å². The van der Waals surface area contributed by atoms with E-state index in [0.717, 1.165) is 6.08 Å². The molecule has 5 nitrogen and oxygen atoms in total. The highest BCUT2D eigenvalue weighted by Gasteiger charge is 2.30. The highest BCUT2D eigenvalue weighted by Crippen LogP contribution is 2.23. The third kappa shape index (κ3) is 5.81. The first kappa shape index (κ1) is 16.1. The molecule has 2 atom stereocenters. The van der Waals surface area contributed by atoms with Gasteiger partial charge in [-0.05, 0) is 12.8 Å². The van der Waals surface area contributed by atoms with E-state index in [9.17, 15) is 15.0 Å². The Hall–Kier alpha value is -0.910. The molecule has 100 valence electrons. The molecule has 0 aliphatic rings. The van der Waals surface area contributed by atoms with E-state index in [1.165, 1.54) is 0 Å². The lowest BCUT2D eigenvalue weighted by molar-refractivity contribution is -0.158. The molecule has 0 aromatic rings. The van der Waals surface area contributed by atoms with Crippen molar-refractivity contribution in [3.05, 3.63) is 12.7 Å². The summed E-state index contributed by atoms with van der Waals surface area (Å²) >= 11 is 0. The molecule has 17 heavy (non-hydrogen) atoms. The van der Waals surface area contributed by atoms with Crippen molar-refractivity contribution in [2.24, 2.45) is 5.41 Å². The molecule has 0 fully saturated rings. The fourth-order valence-corrected chi connectivity index (χ4v) is 1.12. The van der Waals surface area contributed by atoms with Crippen LogP contribution in [-0.2, 0) is 14.3 Å². The van der Waals surface area contributed by atoms with Gasteiger partial charge in [0, 0.05) is 6.08 Å². The summed E-state index contributed by atoms with van der Waals surface area (Å²) in [5.74, 6) is -0.535. The SMILES string of the molecule is C=CC(=O)OCC(CC)(CO)CO[C@@H](O)CC. The Morgan fingerprint density at radius 3 is 2.53 bits per heavy atom. The van der Waals surface area contributed by atoms with Crippen molar-refractivity contribution in [2.45, 2.75) is 33.0 Å². The molecule has 0 aliphatic heterocycles. The van der Waals surface area contributed by atoms with Gasteiger partial charge in [-0.15, -0.1) is 0 Å². The van der Waals surface area contributed by atoms with Crippen molar-refractivity contribution in [1.82, 2.24) is 0 Å². The molecule has 1 unspecified atom stereocenters. The molecule has 0 amide bonds. The highest BCUT2D eigenvalue weighted by atomic mass is 16.6. The molecule has 0 bridgehead atoms. The van der Waals surface area contributed by atoms with E-state index < -0.39 is 17.7 Å². The van der Waals surface area contributed by atoms with E-state index in [0.29, 0.717) is 12.8 Å². The lowest BCUT2D eigenvalue weighted by Gasteiger charge is -2.30. The van der Waals surface area contributed by atoms with Crippen molar-refractivity contribution in [1.29, 1.82) is 0 Å². The van der Waals surface area contributed by atoms with Gasteiger partial charge in [0.05, 0.1) is 18.6 Å². The van der Waals surface area contributed by atoms with Crippen LogP contribution < -0.4 is 0 Å². The van der Waals surface area contributed by atoms with Crippen molar-refractivity contribution in [3.8, 4) is 0 Å². The first-order valence-electron chi connectivity index (χ1n) is 5.73. The summed E-state index contributed by atoms with van der Waals surface area (Å²) in [6.45, 7) is 6.94. The van der Waals surface area contributed by atoms with Crippen LogP contribution >= 0.6 is 0 Å². The quantitative estimate of drug-likeness (QED) is 0.358. The summed E-state index contributed by atoms with van der Waals surface area (Å²) in [4.78, 5) is 11.0. The molecule has 0 heterocycles. The van der Waals surface area contributed by atoms with Crippen molar-refractivity contribution in [3.63, 3.8) is 0 Å². The number of ether oxygens (including phenoxy) is 2. The monoisotopic (exact) mass is 246 g/mol. The standard InChI is InChI=1S/C12H22O5/c1-4-10(14)16-8-12(6-3,7-13)9-17-11(15)5-2/h4,11,13,15H,1,5-9H2,2-3H3/t11-,12?/m1/s1. The third-order valence-electron chi connectivity index (χ3n) is 2.70. The van der Waals surface area contributed by atoms with Crippen molar-refractivity contribution in [2.75, 3.05) is 19.8 Å². The predicted molar refractivity (Wildman–Crippen MR) is 63.2 cm³/mol. The topological polar surface area (TPSA) is 76.0 Å². The summed E-state index contributed by atoms with van der Waals surface area (Å²) in [6, 6.07) is 0. The van der Waals surface area contributed by atoms with E-state index >= 15 is 0 Å². The van der Waals surface area contributed by atoms with Gasteiger partial charge in [0.2, 0.25) is 0 Å². The predicted octanol–water partition coefficient (Wildman–Crippen LogP) is 0.849. The van der Waals surface area contributed by atoms with E-state index in [-0.39, 0.29) is 19.8 Å². The molecule has 2 N–H and O–H groups in total. The molecule has 0 aliphatic carbocycles. The van der Waals surface area contributed by atoms with E-state index in [1.807, 2.05) is 6.92 Å². The minimum atomic E-state index is -0.859. The Labute approximate surface area is 102 Å². The summed E-state index contributed by atoms with van der Waals surface area (Å²) < 4.78 is 10.1. The second-order valence-electron chi connectivity index (χ2n) is 4.00. The summed E-state index contributed by atoms with van der Waals surface area (Å²) in [7, 11) is 0. The summed E-state index contributed by atoms with van der Waals surface area (Å²) in [6.07, 6.45) is 1.25. The average molecular weight is 246 g/mol. The molecule has 0 spiro atoms. The second-order valence-corrected chi connectivity index (χ2v) is 4.00. The Morgan fingerprint density at radius 1 is 1.47 bits per heavy atom. The maximum Gasteiger partial charge on any atom is 0.330 e. The summed E-state index contributed by atoms with van der Waals surface area (Å²) in [5.41, 5.74) is -0.672. The lowest BCUT2D eigenvalue weighted by Crippen LogP contribution is -2.37. The molecular weight excluding hydrogens is 224 g/mol. The fraction of sp³-hybridized carbons (Fsp3) is 0.750. The number of carbonyl (C=O) groups is 1. The van der Waals surface area contributed by atoms with Crippen LogP contribution in [0.4, 0.5) is 0 Å². The van der Waals surface area contributed by atoms with Gasteiger partial charge in [-0.1, -0.05) is 20.4 Å². The van der Waals surface area contributed by atoms with Gasteiger partial charge >= 0.3 is 5.97 Å². The maximum atomic E-state index is 11.0. The zero-order chi connectivity index (χ0) is 13.3.